The number of carbonyl (C=O) groups is 1. The number of carbonyl (C=O) groups excluding carboxylic acids is 1. The molecule has 1 amide bonds. The average molecular weight is 408 g/mol. The molecule has 2 heterocycles. The van der Waals surface area contributed by atoms with Crippen LogP contribution in [-0.2, 0) is 10.3 Å². The minimum atomic E-state index is -0.986. The largest absolute Gasteiger partial charge is 0.497 e. The maximum atomic E-state index is 12.5. The van der Waals surface area contributed by atoms with Gasteiger partial charge in [0.1, 0.15) is 22.7 Å². The normalized spacial score (nSPS) is 23.0. The quantitative estimate of drug-likeness (QED) is 0.810. The van der Waals surface area contributed by atoms with Crippen molar-refractivity contribution < 1.29 is 24.1 Å². The number of piperidine rings is 1. The van der Waals surface area contributed by atoms with Crippen LogP contribution >= 0.6 is 11.3 Å². The van der Waals surface area contributed by atoms with E-state index in [1.165, 1.54) is 11.3 Å². The number of amides is 1. The lowest BCUT2D eigenvalue weighted by Crippen LogP contribution is -2.51. The number of benzene rings is 1. The summed E-state index contributed by atoms with van der Waals surface area (Å²) in [6.45, 7) is 7.96. The van der Waals surface area contributed by atoms with Gasteiger partial charge in [-0.15, -0.1) is 11.3 Å². The molecule has 1 aromatic heterocycles. The number of fused-ring (bicyclic) bond motifs is 1. The zero-order chi connectivity index (χ0) is 20.7. The third-order valence-corrected chi connectivity index (χ3v) is 6.32. The number of methoxy groups -OCH3 is 2. The summed E-state index contributed by atoms with van der Waals surface area (Å²) in [6, 6.07) is 5.66. The van der Waals surface area contributed by atoms with Gasteiger partial charge < -0.3 is 24.2 Å². The Morgan fingerprint density at radius 2 is 1.96 bits per heavy atom. The van der Waals surface area contributed by atoms with Gasteiger partial charge in [-0.1, -0.05) is 0 Å². The molecule has 1 aromatic carbocycles. The molecule has 2 unspecified atom stereocenters. The molecule has 1 aliphatic heterocycles. The van der Waals surface area contributed by atoms with E-state index in [1.807, 2.05) is 45.9 Å². The third-order valence-electron chi connectivity index (χ3n) is 5.05. The second-order valence-electron chi connectivity index (χ2n) is 8.36. The smallest absolute Gasteiger partial charge is 0.410 e. The average Bonchev–Trinajstić information content (AvgIpc) is 3.04. The lowest BCUT2D eigenvalue weighted by molar-refractivity contribution is -0.0525. The van der Waals surface area contributed by atoms with Crippen LogP contribution in [0.3, 0.4) is 0 Å². The van der Waals surface area contributed by atoms with Crippen LogP contribution in [0.2, 0.25) is 0 Å². The topological polar surface area (TPSA) is 68.2 Å². The number of nitrogens with zero attached hydrogens (tertiary/aromatic N) is 1. The summed E-state index contributed by atoms with van der Waals surface area (Å²) in [5.74, 6) is 1.44. The summed E-state index contributed by atoms with van der Waals surface area (Å²) in [5.41, 5.74) is -1.52. The number of rotatable bonds is 3. The molecule has 2 atom stereocenters. The van der Waals surface area contributed by atoms with Crippen LogP contribution in [0.15, 0.2) is 18.2 Å². The van der Waals surface area contributed by atoms with Gasteiger partial charge in [-0.05, 0) is 46.2 Å². The first kappa shape index (κ1) is 20.7. The Morgan fingerprint density at radius 1 is 1.25 bits per heavy atom. The van der Waals surface area contributed by atoms with Crippen molar-refractivity contribution in [1.82, 2.24) is 4.90 Å². The van der Waals surface area contributed by atoms with Crippen LogP contribution < -0.4 is 9.47 Å². The molecule has 0 spiro atoms. The fourth-order valence-electron chi connectivity index (χ4n) is 3.64. The summed E-state index contributed by atoms with van der Waals surface area (Å²) in [4.78, 5) is 15.0. The maximum absolute atomic E-state index is 12.5. The molecule has 1 saturated heterocycles. The monoisotopic (exact) mass is 407 g/mol. The first-order valence-corrected chi connectivity index (χ1v) is 10.3. The summed E-state index contributed by atoms with van der Waals surface area (Å²) < 4.78 is 17.3. The second kappa shape index (κ2) is 7.44. The highest BCUT2D eigenvalue weighted by molar-refractivity contribution is 7.19. The summed E-state index contributed by atoms with van der Waals surface area (Å²) in [7, 11) is 3.25. The van der Waals surface area contributed by atoms with Crippen molar-refractivity contribution in [3.05, 3.63) is 23.1 Å². The second-order valence-corrected chi connectivity index (χ2v) is 9.44. The molecule has 3 rings (SSSR count). The van der Waals surface area contributed by atoms with Crippen molar-refractivity contribution in [2.24, 2.45) is 0 Å². The van der Waals surface area contributed by atoms with E-state index in [4.69, 9.17) is 14.2 Å². The zero-order valence-electron chi connectivity index (χ0n) is 17.4. The summed E-state index contributed by atoms with van der Waals surface area (Å²) >= 11 is 1.54. The molecule has 0 radical (unpaired) electrons. The molecule has 0 aliphatic carbocycles. The van der Waals surface area contributed by atoms with Gasteiger partial charge in [0.25, 0.3) is 0 Å². The van der Waals surface area contributed by atoms with Crippen molar-refractivity contribution in [1.29, 1.82) is 0 Å². The van der Waals surface area contributed by atoms with Crippen molar-refractivity contribution in [2.45, 2.75) is 57.8 Å². The molecule has 2 aromatic rings. The van der Waals surface area contributed by atoms with Crippen molar-refractivity contribution >= 4 is 27.5 Å². The van der Waals surface area contributed by atoms with Crippen molar-refractivity contribution in [3.8, 4) is 11.5 Å². The van der Waals surface area contributed by atoms with E-state index in [0.717, 1.165) is 26.5 Å². The number of aliphatic hydroxyl groups is 1. The first-order valence-electron chi connectivity index (χ1n) is 9.44. The van der Waals surface area contributed by atoms with Crippen molar-refractivity contribution in [2.75, 3.05) is 20.8 Å². The number of thiophene rings is 1. The number of ether oxygens (including phenoxy) is 3. The zero-order valence-corrected chi connectivity index (χ0v) is 18.2. The van der Waals surface area contributed by atoms with Gasteiger partial charge in [-0.3, -0.25) is 0 Å². The predicted octanol–water partition coefficient (Wildman–Crippen LogP) is 4.53. The van der Waals surface area contributed by atoms with Crippen LogP contribution in [-0.4, -0.2) is 48.5 Å². The molecule has 1 N–H and O–H groups in total. The summed E-state index contributed by atoms with van der Waals surface area (Å²) in [6.07, 6.45) is 0.589. The van der Waals surface area contributed by atoms with Gasteiger partial charge in [0.2, 0.25) is 0 Å². The molecule has 7 heteroatoms. The van der Waals surface area contributed by atoms with E-state index in [-0.39, 0.29) is 12.1 Å². The molecule has 28 heavy (non-hydrogen) atoms. The van der Waals surface area contributed by atoms with E-state index in [1.54, 1.807) is 19.1 Å². The molecule has 1 fully saturated rings. The third kappa shape index (κ3) is 4.05. The Balaban J connectivity index is 1.85. The summed E-state index contributed by atoms with van der Waals surface area (Å²) in [5, 5.41) is 12.4. The molecule has 0 bridgehead atoms. The van der Waals surface area contributed by atoms with E-state index >= 15 is 0 Å². The van der Waals surface area contributed by atoms with E-state index < -0.39 is 11.2 Å². The Morgan fingerprint density at radius 3 is 2.54 bits per heavy atom. The maximum Gasteiger partial charge on any atom is 0.410 e. The fraction of sp³-hybridized carbons (Fsp3) is 0.571. The SMILES string of the molecule is COc1cc(OC)c2cc(C3(O)CCN(C(=O)OC(C)(C)C)C(C)C3)sc2c1. The molecule has 6 nitrogen and oxygen atoms in total. The van der Waals surface area contributed by atoms with Gasteiger partial charge >= 0.3 is 6.09 Å². The van der Waals surface area contributed by atoms with E-state index in [2.05, 4.69) is 0 Å². The number of likely N-dealkylation sites (tertiary alicyclic amines) is 1. The highest BCUT2D eigenvalue weighted by Crippen LogP contribution is 2.44. The van der Waals surface area contributed by atoms with Crippen LogP contribution in [0.1, 0.15) is 45.4 Å². The van der Waals surface area contributed by atoms with E-state index in [0.29, 0.717) is 19.4 Å². The van der Waals surface area contributed by atoms with E-state index in [9.17, 15) is 9.90 Å². The predicted molar refractivity (Wildman–Crippen MR) is 110 cm³/mol. The Labute approximate surface area is 170 Å². The fourth-order valence-corrected chi connectivity index (χ4v) is 4.87. The number of hydrogen-bond acceptors (Lipinski definition) is 6. The van der Waals surface area contributed by atoms with Gasteiger partial charge in [0.15, 0.2) is 0 Å². The molecular weight excluding hydrogens is 378 g/mol. The molecule has 1 aliphatic rings. The van der Waals surface area contributed by atoms with Gasteiger partial charge in [0, 0.05) is 40.0 Å². The molecule has 154 valence electrons. The first-order chi connectivity index (χ1) is 13.1. The van der Waals surface area contributed by atoms with Crippen LogP contribution in [0, 0.1) is 0 Å². The van der Waals surface area contributed by atoms with Crippen LogP contribution in [0.5, 0.6) is 11.5 Å². The standard InChI is InChI=1S/C21H29NO5S/c1-13-12-21(24,7-8-22(13)19(23)27-20(2,3)4)18-11-15-16(26-6)9-14(25-5)10-17(15)28-18/h9-11,13,24H,7-8,12H2,1-6H3. The van der Waals surface area contributed by atoms with Crippen LogP contribution in [0.4, 0.5) is 4.79 Å². The Bertz CT molecular complexity index is 872. The Hall–Kier alpha value is -1.99. The minimum Gasteiger partial charge on any atom is -0.497 e. The number of hydrogen-bond donors (Lipinski definition) is 1. The highest BCUT2D eigenvalue weighted by atomic mass is 32.1. The molecule has 0 saturated carbocycles. The lowest BCUT2D eigenvalue weighted by atomic mass is 9.85. The van der Waals surface area contributed by atoms with Gasteiger partial charge in [-0.25, -0.2) is 4.79 Å². The Kier molecular flexibility index (Phi) is 5.51. The minimum absolute atomic E-state index is 0.129. The lowest BCUT2D eigenvalue weighted by Gasteiger charge is -2.42. The van der Waals surface area contributed by atoms with Gasteiger partial charge in [-0.2, -0.15) is 0 Å². The van der Waals surface area contributed by atoms with Crippen LogP contribution in [0.25, 0.3) is 10.1 Å². The highest BCUT2D eigenvalue weighted by Gasteiger charge is 2.41. The molecular formula is C21H29NO5S. The van der Waals surface area contributed by atoms with Gasteiger partial charge in [0.05, 0.1) is 14.2 Å². The van der Waals surface area contributed by atoms with Crippen molar-refractivity contribution in [3.63, 3.8) is 0 Å².